The van der Waals surface area contributed by atoms with Crippen LogP contribution in [-0.2, 0) is 0 Å². The normalized spacial score (nSPS) is 16.2. The molecule has 0 heterocycles. The van der Waals surface area contributed by atoms with Gasteiger partial charge in [-0.25, -0.2) is 0 Å². The zero-order valence-corrected chi connectivity index (χ0v) is 9.47. The van der Waals surface area contributed by atoms with Gasteiger partial charge in [-0.2, -0.15) is 0 Å². The van der Waals surface area contributed by atoms with Crippen LogP contribution in [0.1, 0.15) is 13.8 Å². The van der Waals surface area contributed by atoms with Crippen LogP contribution >= 0.6 is 0 Å². The average molecular weight is 237 g/mol. The third kappa shape index (κ3) is 7.89. The summed E-state index contributed by atoms with van der Waals surface area (Å²) in [5.74, 6) is 0. The van der Waals surface area contributed by atoms with Gasteiger partial charge < -0.3 is 0 Å². The van der Waals surface area contributed by atoms with Crippen molar-refractivity contribution in [2.45, 2.75) is 36.4 Å². The van der Waals surface area contributed by atoms with Gasteiger partial charge in [0.05, 0.1) is 0 Å². The Labute approximate surface area is 79.0 Å². The molecule has 12 heavy (non-hydrogen) atoms. The fraction of sp³-hybridized carbons (Fsp3) is 0.857. The van der Waals surface area contributed by atoms with Crippen molar-refractivity contribution in [3.05, 3.63) is 0 Å². The van der Waals surface area contributed by atoms with Gasteiger partial charge in [-0.1, -0.05) is 0 Å². The van der Waals surface area contributed by atoms with Gasteiger partial charge in [0, 0.05) is 0 Å². The molecule has 72 valence electrons. The quantitative estimate of drug-likeness (QED) is 0.602. The maximum atomic E-state index is 10.2. The van der Waals surface area contributed by atoms with Crippen LogP contribution < -0.4 is 5.32 Å². The first-order valence-corrected chi connectivity index (χ1v) is 6.87. The molecule has 0 saturated heterocycles. The molecule has 0 aliphatic carbocycles. The average Bonchev–Trinajstić information content (AvgIpc) is 1.84. The molecule has 0 bridgehead atoms. The Kier molecular flexibility index (Phi) is 6.21. The van der Waals surface area contributed by atoms with Gasteiger partial charge in [-0.3, -0.25) is 0 Å². The molecule has 0 rings (SSSR count). The van der Waals surface area contributed by atoms with Crippen LogP contribution in [0.15, 0.2) is 0 Å². The molecule has 0 aliphatic rings. The van der Waals surface area contributed by atoms with Gasteiger partial charge in [0.1, 0.15) is 0 Å². The number of nitrogens with one attached hydrogen (secondary N) is 1. The van der Waals surface area contributed by atoms with Crippen LogP contribution in [0, 0.1) is 0 Å². The topological polar surface area (TPSA) is 69.6 Å². The summed E-state index contributed by atoms with van der Waals surface area (Å²) in [4.78, 5) is 10.2. The molecule has 0 aromatic heterocycles. The van der Waals surface area contributed by atoms with Crippen molar-refractivity contribution in [3.8, 4) is 0 Å². The van der Waals surface area contributed by atoms with Crippen LogP contribution in [0.5, 0.6) is 0 Å². The first-order valence-electron chi connectivity index (χ1n) is 3.90. The van der Waals surface area contributed by atoms with Gasteiger partial charge in [-0.15, -0.1) is 0 Å². The van der Waals surface area contributed by atoms with E-state index in [1.807, 2.05) is 6.92 Å². The molecule has 0 spiro atoms. The van der Waals surface area contributed by atoms with E-state index in [0.717, 1.165) is 10.4 Å². The molecule has 1 amide bonds. The minimum absolute atomic E-state index is 0.0289. The summed E-state index contributed by atoms with van der Waals surface area (Å²) in [5.41, 5.74) is 0. The van der Waals surface area contributed by atoms with E-state index in [2.05, 4.69) is 5.32 Å². The van der Waals surface area contributed by atoms with E-state index >= 15 is 0 Å². The Hall–Kier alpha value is -0.212. The van der Waals surface area contributed by atoms with E-state index in [1.54, 1.807) is 6.92 Å². The molecule has 0 fully saturated rings. The Balaban J connectivity index is 3.31. The summed E-state index contributed by atoms with van der Waals surface area (Å²) in [5, 5.41) is 21.4. The zero-order chi connectivity index (χ0) is 9.56. The van der Waals surface area contributed by atoms with Gasteiger partial charge >= 0.3 is 78.6 Å². The molecule has 0 saturated carbocycles. The fourth-order valence-corrected chi connectivity index (χ4v) is 3.12. The monoisotopic (exact) mass is 237 g/mol. The summed E-state index contributed by atoms with van der Waals surface area (Å²) in [6, 6.07) is 0.0289. The first kappa shape index (κ1) is 11.8. The van der Waals surface area contributed by atoms with Crippen molar-refractivity contribution in [3.63, 3.8) is 0 Å². The van der Waals surface area contributed by atoms with E-state index < -0.39 is 6.09 Å². The van der Waals surface area contributed by atoms with Crippen LogP contribution in [0.2, 0.25) is 10.4 Å². The predicted octanol–water partition coefficient (Wildman–Crippen LogP) is 0.296. The van der Waals surface area contributed by atoms with Gasteiger partial charge in [0.25, 0.3) is 0 Å². The summed E-state index contributed by atoms with van der Waals surface area (Å²) in [6.45, 7) is 3.61. The summed E-state index contributed by atoms with van der Waals surface area (Å²) >= 11 is -0.188. The van der Waals surface area contributed by atoms with E-state index in [9.17, 15) is 4.79 Å². The van der Waals surface area contributed by atoms with Crippen LogP contribution in [0.4, 0.5) is 4.79 Å². The number of hydrogen-bond acceptors (Lipinski definition) is 2. The Morgan fingerprint density at radius 1 is 1.50 bits per heavy atom. The second-order valence-corrected chi connectivity index (χ2v) is 5.62. The molecular formula is C7H16AsNO3. The van der Waals surface area contributed by atoms with Crippen molar-refractivity contribution in [1.29, 1.82) is 0 Å². The SMILES string of the molecule is C[C@@H](O)C[AsH]C[C@H](C)NC(=O)O. The molecule has 0 aliphatic heterocycles. The van der Waals surface area contributed by atoms with Crippen LogP contribution in [-0.4, -0.2) is 44.2 Å². The third-order valence-corrected chi connectivity index (χ3v) is 5.00. The van der Waals surface area contributed by atoms with E-state index in [1.165, 1.54) is 0 Å². The minimum atomic E-state index is -0.967. The number of carboxylic acid groups (broad SMARTS) is 1. The maximum absolute atomic E-state index is 10.2. The number of amides is 1. The second-order valence-electron chi connectivity index (χ2n) is 2.86. The number of aliphatic hydroxyl groups excluding tert-OH is 1. The Morgan fingerprint density at radius 2 is 2.08 bits per heavy atom. The molecule has 3 atom stereocenters. The molecular weight excluding hydrogens is 221 g/mol. The van der Waals surface area contributed by atoms with Crippen molar-refractivity contribution >= 4 is 21.8 Å². The van der Waals surface area contributed by atoms with Gasteiger partial charge in [-0.05, 0) is 0 Å². The standard InChI is InChI=1S/C7H16AsNO3/c1-5(9-7(11)12)3-8-4-6(2)10/h5-6,8-10H,3-4H2,1-2H3,(H,11,12)/t5-,6+/m0/s1. The molecule has 0 aromatic rings. The van der Waals surface area contributed by atoms with Crippen LogP contribution in [0.3, 0.4) is 0 Å². The fourth-order valence-electron chi connectivity index (χ4n) is 0.771. The van der Waals surface area contributed by atoms with Crippen molar-refractivity contribution in [2.24, 2.45) is 0 Å². The summed E-state index contributed by atoms with van der Waals surface area (Å²) in [7, 11) is 0. The van der Waals surface area contributed by atoms with Gasteiger partial charge in [0.2, 0.25) is 0 Å². The van der Waals surface area contributed by atoms with Crippen molar-refractivity contribution in [2.75, 3.05) is 0 Å². The number of rotatable bonds is 5. The van der Waals surface area contributed by atoms with E-state index in [0.29, 0.717) is 0 Å². The second kappa shape index (κ2) is 6.32. The number of carbonyl (C=O) groups is 1. The molecule has 0 radical (unpaired) electrons. The Morgan fingerprint density at radius 3 is 2.50 bits per heavy atom. The molecule has 5 heteroatoms. The third-order valence-electron chi connectivity index (χ3n) is 1.26. The summed E-state index contributed by atoms with van der Waals surface area (Å²) in [6.07, 6.45) is -1.20. The molecule has 1 unspecified atom stereocenters. The Bertz CT molecular complexity index is 141. The number of aliphatic hydroxyl groups is 1. The molecule has 3 N–H and O–H groups in total. The molecule has 4 nitrogen and oxygen atoms in total. The van der Waals surface area contributed by atoms with Crippen molar-refractivity contribution < 1.29 is 15.0 Å². The van der Waals surface area contributed by atoms with Crippen LogP contribution in [0.25, 0.3) is 0 Å². The van der Waals surface area contributed by atoms with Gasteiger partial charge in [0.15, 0.2) is 0 Å². The summed E-state index contributed by atoms with van der Waals surface area (Å²) < 4.78 is 0. The first-order chi connectivity index (χ1) is 5.52. The van der Waals surface area contributed by atoms with E-state index in [4.69, 9.17) is 10.2 Å². The predicted molar refractivity (Wildman–Crippen MR) is 49.1 cm³/mol. The van der Waals surface area contributed by atoms with Crippen molar-refractivity contribution in [1.82, 2.24) is 5.32 Å². The van der Waals surface area contributed by atoms with E-state index in [-0.39, 0.29) is 27.9 Å². The zero-order valence-electron chi connectivity index (χ0n) is 7.37. The molecule has 0 aromatic carbocycles. The number of hydrogen-bond donors (Lipinski definition) is 3.